The molecule has 20 heavy (non-hydrogen) atoms. The molecule has 0 radical (unpaired) electrons. The summed E-state index contributed by atoms with van der Waals surface area (Å²) in [5, 5.41) is 9.99. The monoisotopic (exact) mass is 270 g/mol. The van der Waals surface area contributed by atoms with Crippen LogP contribution in [-0.4, -0.2) is 10.7 Å². The fourth-order valence-electron chi connectivity index (χ4n) is 2.76. The smallest absolute Gasteiger partial charge is 0.0594 e. The van der Waals surface area contributed by atoms with E-state index in [1.54, 1.807) is 0 Å². The Bertz CT molecular complexity index is 527. The Kier molecular flexibility index (Phi) is 4.49. The Morgan fingerprint density at radius 1 is 1.00 bits per heavy atom. The van der Waals surface area contributed by atoms with Gasteiger partial charge in [0.15, 0.2) is 0 Å². The van der Waals surface area contributed by atoms with Gasteiger partial charge in [-0.05, 0) is 64.5 Å². The zero-order chi connectivity index (χ0) is 14.8. The van der Waals surface area contributed by atoms with E-state index in [0.717, 1.165) is 25.7 Å². The third kappa shape index (κ3) is 3.83. The van der Waals surface area contributed by atoms with Crippen molar-refractivity contribution in [1.29, 1.82) is 0 Å². The van der Waals surface area contributed by atoms with E-state index in [-0.39, 0.29) is 0 Å². The van der Waals surface area contributed by atoms with Crippen molar-refractivity contribution in [3.8, 4) is 0 Å². The number of benzene rings is 1. The zero-order valence-electron chi connectivity index (χ0n) is 13.2. The van der Waals surface area contributed by atoms with Crippen LogP contribution in [-0.2, 0) is 0 Å². The molecule has 0 amide bonds. The summed E-state index contributed by atoms with van der Waals surface area (Å²) >= 11 is 0. The highest BCUT2D eigenvalue weighted by atomic mass is 16.3. The molecule has 0 fully saturated rings. The molecule has 0 spiro atoms. The molecule has 1 aliphatic carbocycles. The normalized spacial score (nSPS) is 16.9. The van der Waals surface area contributed by atoms with Crippen LogP contribution in [0.5, 0.6) is 0 Å². The first-order chi connectivity index (χ1) is 9.37. The molecule has 0 saturated heterocycles. The number of rotatable bonds is 4. The van der Waals surface area contributed by atoms with E-state index >= 15 is 0 Å². The largest absolute Gasteiger partial charge is 0.390 e. The minimum Gasteiger partial charge on any atom is -0.390 e. The van der Waals surface area contributed by atoms with Crippen molar-refractivity contribution < 1.29 is 5.11 Å². The first kappa shape index (κ1) is 15.1. The van der Waals surface area contributed by atoms with E-state index in [0.29, 0.717) is 0 Å². The highest BCUT2D eigenvalue weighted by molar-refractivity contribution is 5.72. The van der Waals surface area contributed by atoms with Gasteiger partial charge in [-0.2, -0.15) is 0 Å². The van der Waals surface area contributed by atoms with Crippen LogP contribution in [0.4, 0.5) is 0 Å². The minimum atomic E-state index is -0.584. The van der Waals surface area contributed by atoms with Crippen LogP contribution in [0.2, 0.25) is 0 Å². The van der Waals surface area contributed by atoms with Crippen LogP contribution in [0.15, 0.2) is 47.1 Å². The van der Waals surface area contributed by atoms with Gasteiger partial charge in [0, 0.05) is 0 Å². The van der Waals surface area contributed by atoms with Crippen LogP contribution in [0.3, 0.4) is 0 Å². The maximum Gasteiger partial charge on any atom is 0.0594 e. The van der Waals surface area contributed by atoms with Crippen LogP contribution in [0, 0.1) is 0 Å². The summed E-state index contributed by atoms with van der Waals surface area (Å²) in [5.41, 5.74) is 6.72. The molecule has 0 aromatic heterocycles. The van der Waals surface area contributed by atoms with Gasteiger partial charge in [0.05, 0.1) is 5.60 Å². The molecule has 1 heteroatoms. The molecule has 0 bridgehead atoms. The lowest BCUT2D eigenvalue weighted by Crippen LogP contribution is -2.18. The van der Waals surface area contributed by atoms with E-state index in [1.807, 2.05) is 13.8 Å². The Balaban J connectivity index is 2.29. The van der Waals surface area contributed by atoms with Gasteiger partial charge >= 0.3 is 0 Å². The number of hydrogen-bond acceptors (Lipinski definition) is 1. The lowest BCUT2D eigenvalue weighted by atomic mass is 9.81. The van der Waals surface area contributed by atoms with Gasteiger partial charge in [0.1, 0.15) is 0 Å². The van der Waals surface area contributed by atoms with Crippen LogP contribution in [0.1, 0.15) is 58.9 Å². The molecule has 1 aliphatic rings. The molecule has 0 atom stereocenters. The maximum absolute atomic E-state index is 9.99. The second-order valence-electron chi connectivity index (χ2n) is 6.67. The quantitative estimate of drug-likeness (QED) is 0.753. The lowest BCUT2D eigenvalue weighted by Gasteiger charge is -2.26. The molecule has 0 aliphatic heterocycles. The fraction of sp³-hybridized carbons (Fsp3) is 0.474. The SMILES string of the molecule is CC1=C(C)CC(c2ccccc2)=C(CCC(C)(C)O)C1. The molecule has 2 rings (SSSR count). The first-order valence-corrected chi connectivity index (χ1v) is 7.51. The third-order valence-electron chi connectivity index (χ3n) is 4.24. The molecule has 1 nitrogen and oxygen atoms in total. The standard InChI is InChI=1S/C19H26O/c1-14-12-17(10-11-19(3,4)20)18(13-15(14)2)16-8-6-5-7-9-16/h5-9,20H,10-13H2,1-4H3. The summed E-state index contributed by atoms with van der Waals surface area (Å²) in [6, 6.07) is 10.7. The van der Waals surface area contributed by atoms with Crippen molar-refractivity contribution >= 4 is 5.57 Å². The van der Waals surface area contributed by atoms with E-state index in [2.05, 4.69) is 44.2 Å². The number of aliphatic hydroxyl groups is 1. The lowest BCUT2D eigenvalue weighted by molar-refractivity contribution is 0.0712. The molecule has 1 aromatic carbocycles. The Hall–Kier alpha value is -1.34. The van der Waals surface area contributed by atoms with Gasteiger partial charge in [-0.3, -0.25) is 0 Å². The summed E-state index contributed by atoms with van der Waals surface area (Å²) in [7, 11) is 0. The van der Waals surface area contributed by atoms with Gasteiger partial charge < -0.3 is 5.11 Å². The first-order valence-electron chi connectivity index (χ1n) is 7.51. The second kappa shape index (κ2) is 5.97. The minimum absolute atomic E-state index is 0.584. The molecule has 108 valence electrons. The third-order valence-corrected chi connectivity index (χ3v) is 4.24. The van der Waals surface area contributed by atoms with Crippen molar-refractivity contribution in [1.82, 2.24) is 0 Å². The van der Waals surface area contributed by atoms with Gasteiger partial charge in [-0.1, -0.05) is 47.1 Å². The maximum atomic E-state index is 9.99. The van der Waals surface area contributed by atoms with Crippen LogP contribution < -0.4 is 0 Å². The Morgan fingerprint density at radius 3 is 2.20 bits per heavy atom. The highest BCUT2D eigenvalue weighted by Crippen LogP contribution is 2.38. The topological polar surface area (TPSA) is 20.2 Å². The molecular formula is C19H26O. The van der Waals surface area contributed by atoms with E-state index in [1.165, 1.54) is 27.9 Å². The van der Waals surface area contributed by atoms with E-state index in [4.69, 9.17) is 0 Å². The van der Waals surface area contributed by atoms with Gasteiger partial charge in [-0.15, -0.1) is 0 Å². The molecule has 0 unspecified atom stereocenters. The van der Waals surface area contributed by atoms with Crippen molar-refractivity contribution in [2.45, 2.75) is 59.0 Å². The van der Waals surface area contributed by atoms with Crippen LogP contribution in [0.25, 0.3) is 5.57 Å². The van der Waals surface area contributed by atoms with E-state index in [9.17, 15) is 5.11 Å². The molecule has 1 N–H and O–H groups in total. The van der Waals surface area contributed by atoms with Crippen molar-refractivity contribution in [2.24, 2.45) is 0 Å². The summed E-state index contributed by atoms with van der Waals surface area (Å²) in [6.07, 6.45) is 3.92. The predicted octanol–water partition coefficient (Wildman–Crippen LogP) is 5.12. The summed E-state index contributed by atoms with van der Waals surface area (Å²) in [5.74, 6) is 0. The Morgan fingerprint density at radius 2 is 1.60 bits per heavy atom. The van der Waals surface area contributed by atoms with Crippen LogP contribution >= 0.6 is 0 Å². The van der Waals surface area contributed by atoms with Crippen molar-refractivity contribution in [3.05, 3.63) is 52.6 Å². The average molecular weight is 270 g/mol. The van der Waals surface area contributed by atoms with Gasteiger partial charge in [-0.25, -0.2) is 0 Å². The van der Waals surface area contributed by atoms with Crippen molar-refractivity contribution in [2.75, 3.05) is 0 Å². The number of hydrogen-bond donors (Lipinski definition) is 1. The van der Waals surface area contributed by atoms with Gasteiger partial charge in [0.2, 0.25) is 0 Å². The second-order valence-corrected chi connectivity index (χ2v) is 6.67. The molecular weight excluding hydrogens is 244 g/mol. The zero-order valence-corrected chi connectivity index (χ0v) is 13.2. The fourth-order valence-corrected chi connectivity index (χ4v) is 2.76. The average Bonchev–Trinajstić information content (AvgIpc) is 2.40. The van der Waals surface area contributed by atoms with Crippen molar-refractivity contribution in [3.63, 3.8) is 0 Å². The molecule has 1 aromatic rings. The van der Waals surface area contributed by atoms with Gasteiger partial charge in [0.25, 0.3) is 0 Å². The summed E-state index contributed by atoms with van der Waals surface area (Å²) in [6.45, 7) is 8.27. The highest BCUT2D eigenvalue weighted by Gasteiger charge is 2.20. The number of allylic oxidation sites excluding steroid dienone is 4. The Labute approximate surface area is 123 Å². The summed E-state index contributed by atoms with van der Waals surface area (Å²) < 4.78 is 0. The molecule has 0 saturated carbocycles. The predicted molar refractivity (Wildman–Crippen MR) is 86.5 cm³/mol. The molecule has 0 heterocycles. The summed E-state index contributed by atoms with van der Waals surface area (Å²) in [4.78, 5) is 0. The van der Waals surface area contributed by atoms with E-state index < -0.39 is 5.60 Å².